The van der Waals surface area contributed by atoms with Gasteiger partial charge in [0, 0.05) is 5.69 Å². The molecule has 0 saturated carbocycles. The molecule has 0 bridgehead atoms. The standard InChI is InChI=1S/C26H21N3O4S/c1-17-7-13-21(14-8-17)27-23(30)16-33-25(32)19-11-9-18(10-12-19)15-22-24(31)29-26(34-22)28-20-5-3-2-4-6-20/h2-15H,16H2,1H3,(H,27,30)(H,28,29,31)/b22-15+. The number of nitrogens with one attached hydrogen (secondary N) is 2. The smallest absolute Gasteiger partial charge is 0.338 e. The fraction of sp³-hybridized carbons (Fsp3) is 0.0769. The van der Waals surface area contributed by atoms with Crippen LogP contribution in [0.25, 0.3) is 6.08 Å². The predicted octanol–water partition coefficient (Wildman–Crippen LogP) is 4.68. The number of hydrogen-bond donors (Lipinski definition) is 2. The van der Waals surface area contributed by atoms with Gasteiger partial charge in [0.1, 0.15) is 0 Å². The fourth-order valence-corrected chi connectivity index (χ4v) is 3.86. The van der Waals surface area contributed by atoms with E-state index in [9.17, 15) is 14.4 Å². The van der Waals surface area contributed by atoms with Crippen molar-refractivity contribution in [1.82, 2.24) is 5.32 Å². The lowest BCUT2D eigenvalue weighted by Gasteiger charge is -2.07. The van der Waals surface area contributed by atoms with Gasteiger partial charge in [0.05, 0.1) is 16.2 Å². The number of carbonyl (C=O) groups is 3. The van der Waals surface area contributed by atoms with Gasteiger partial charge in [-0.15, -0.1) is 0 Å². The third-order valence-electron chi connectivity index (χ3n) is 4.75. The van der Waals surface area contributed by atoms with Crippen LogP contribution in [0.15, 0.2) is 88.8 Å². The number of carbonyl (C=O) groups excluding carboxylic acids is 3. The van der Waals surface area contributed by atoms with Crippen LogP contribution in [-0.4, -0.2) is 29.6 Å². The van der Waals surface area contributed by atoms with Gasteiger partial charge in [-0.25, -0.2) is 9.79 Å². The first-order valence-electron chi connectivity index (χ1n) is 10.4. The summed E-state index contributed by atoms with van der Waals surface area (Å²) < 4.78 is 5.10. The zero-order chi connectivity index (χ0) is 23.9. The minimum absolute atomic E-state index is 0.234. The third-order valence-corrected chi connectivity index (χ3v) is 5.66. The van der Waals surface area contributed by atoms with Crippen molar-refractivity contribution in [3.63, 3.8) is 0 Å². The zero-order valence-corrected chi connectivity index (χ0v) is 19.1. The number of rotatable bonds is 6. The number of para-hydroxylation sites is 1. The monoisotopic (exact) mass is 471 g/mol. The normalized spacial score (nSPS) is 15.3. The largest absolute Gasteiger partial charge is 0.452 e. The van der Waals surface area contributed by atoms with Crippen molar-refractivity contribution >= 4 is 52.2 Å². The van der Waals surface area contributed by atoms with E-state index in [1.807, 2.05) is 49.4 Å². The summed E-state index contributed by atoms with van der Waals surface area (Å²) in [7, 11) is 0. The van der Waals surface area contributed by atoms with E-state index in [0.717, 1.165) is 16.8 Å². The molecule has 0 atom stereocenters. The molecule has 2 amide bonds. The number of aliphatic imine (C=N–C) groups is 1. The van der Waals surface area contributed by atoms with E-state index in [0.29, 0.717) is 21.3 Å². The van der Waals surface area contributed by atoms with Crippen LogP contribution in [0.2, 0.25) is 0 Å². The Morgan fingerprint density at radius 1 is 1.00 bits per heavy atom. The number of benzene rings is 3. The highest BCUT2D eigenvalue weighted by Gasteiger charge is 2.23. The second kappa shape index (κ2) is 10.6. The number of hydrogen-bond acceptors (Lipinski definition) is 6. The second-order valence-electron chi connectivity index (χ2n) is 7.43. The first-order chi connectivity index (χ1) is 16.5. The van der Waals surface area contributed by atoms with Crippen LogP contribution in [0, 0.1) is 6.92 Å². The maximum Gasteiger partial charge on any atom is 0.338 e. The van der Waals surface area contributed by atoms with Gasteiger partial charge in [0.25, 0.3) is 11.8 Å². The summed E-state index contributed by atoms with van der Waals surface area (Å²) in [5.74, 6) is -1.26. The Labute approximate surface area is 200 Å². The lowest BCUT2D eigenvalue weighted by molar-refractivity contribution is -0.119. The molecule has 8 heteroatoms. The van der Waals surface area contributed by atoms with Gasteiger partial charge < -0.3 is 15.4 Å². The molecule has 3 aromatic rings. The maximum atomic E-state index is 12.3. The fourth-order valence-electron chi connectivity index (χ4n) is 3.02. The van der Waals surface area contributed by atoms with Crippen LogP contribution < -0.4 is 10.6 Å². The van der Waals surface area contributed by atoms with Gasteiger partial charge in [-0.1, -0.05) is 48.0 Å². The SMILES string of the molecule is Cc1ccc(NC(=O)COC(=O)c2ccc(/C=C3/SC(=Nc4ccccc4)NC3=O)cc2)cc1. The molecule has 170 valence electrons. The molecule has 3 aromatic carbocycles. The summed E-state index contributed by atoms with van der Waals surface area (Å²) >= 11 is 1.25. The predicted molar refractivity (Wildman–Crippen MR) is 134 cm³/mol. The molecule has 7 nitrogen and oxygen atoms in total. The van der Waals surface area contributed by atoms with E-state index < -0.39 is 18.5 Å². The summed E-state index contributed by atoms with van der Waals surface area (Å²) in [6.45, 7) is 1.56. The van der Waals surface area contributed by atoms with Gasteiger partial charge in [0.15, 0.2) is 11.8 Å². The molecule has 1 fully saturated rings. The Bertz CT molecular complexity index is 1270. The summed E-state index contributed by atoms with van der Waals surface area (Å²) in [6.07, 6.45) is 1.72. The molecule has 0 radical (unpaired) electrons. The lowest BCUT2D eigenvalue weighted by Crippen LogP contribution is -2.20. The molecule has 0 spiro atoms. The molecule has 1 aliphatic rings. The average molecular weight is 472 g/mol. The highest BCUT2D eigenvalue weighted by atomic mass is 32.2. The molecule has 2 N–H and O–H groups in total. The van der Waals surface area contributed by atoms with Crippen LogP contribution in [-0.2, 0) is 14.3 Å². The lowest BCUT2D eigenvalue weighted by atomic mass is 10.1. The third kappa shape index (κ3) is 6.20. The quantitative estimate of drug-likeness (QED) is 0.402. The van der Waals surface area contributed by atoms with Crippen LogP contribution in [0.4, 0.5) is 11.4 Å². The van der Waals surface area contributed by atoms with Crippen LogP contribution >= 0.6 is 11.8 Å². The van der Waals surface area contributed by atoms with Crippen molar-refractivity contribution in [3.8, 4) is 0 Å². The number of nitrogens with zero attached hydrogens (tertiary/aromatic N) is 1. The summed E-state index contributed by atoms with van der Waals surface area (Å²) in [6, 6.07) is 23.3. The molecule has 1 heterocycles. The number of amides is 2. The minimum atomic E-state index is -0.608. The van der Waals surface area contributed by atoms with E-state index in [1.54, 1.807) is 42.5 Å². The number of aryl methyl sites for hydroxylation is 1. The molecule has 34 heavy (non-hydrogen) atoms. The Morgan fingerprint density at radius 2 is 1.71 bits per heavy atom. The van der Waals surface area contributed by atoms with Gasteiger partial charge in [0.2, 0.25) is 0 Å². The maximum absolute atomic E-state index is 12.3. The van der Waals surface area contributed by atoms with E-state index >= 15 is 0 Å². The van der Waals surface area contributed by atoms with Crippen LogP contribution in [0.3, 0.4) is 0 Å². The summed E-state index contributed by atoms with van der Waals surface area (Å²) in [4.78, 5) is 41.4. The van der Waals surface area contributed by atoms with Gasteiger partial charge in [-0.05, 0) is 66.7 Å². The van der Waals surface area contributed by atoms with Crippen molar-refractivity contribution < 1.29 is 19.1 Å². The number of thioether (sulfide) groups is 1. The van der Waals surface area contributed by atoms with Gasteiger partial charge >= 0.3 is 5.97 Å². The van der Waals surface area contributed by atoms with Gasteiger partial charge in [-0.3, -0.25) is 9.59 Å². The van der Waals surface area contributed by atoms with E-state index in [-0.39, 0.29) is 5.91 Å². The topological polar surface area (TPSA) is 96.9 Å². The van der Waals surface area contributed by atoms with Crippen LogP contribution in [0.1, 0.15) is 21.5 Å². The molecule has 1 aliphatic heterocycles. The first-order valence-corrected chi connectivity index (χ1v) is 11.3. The molecule has 4 rings (SSSR count). The Kier molecular flexibility index (Phi) is 7.19. The average Bonchev–Trinajstić information content (AvgIpc) is 3.18. The number of amidine groups is 1. The van der Waals surface area contributed by atoms with Gasteiger partial charge in [-0.2, -0.15) is 0 Å². The second-order valence-corrected chi connectivity index (χ2v) is 8.46. The molecular weight excluding hydrogens is 450 g/mol. The number of ether oxygens (including phenoxy) is 1. The van der Waals surface area contributed by atoms with E-state index in [2.05, 4.69) is 15.6 Å². The minimum Gasteiger partial charge on any atom is -0.452 e. The molecule has 1 saturated heterocycles. The summed E-state index contributed by atoms with van der Waals surface area (Å²) in [5, 5.41) is 5.92. The van der Waals surface area contributed by atoms with Crippen LogP contribution in [0.5, 0.6) is 0 Å². The van der Waals surface area contributed by atoms with E-state index in [1.165, 1.54) is 11.8 Å². The highest BCUT2D eigenvalue weighted by molar-refractivity contribution is 8.18. The number of esters is 1. The zero-order valence-electron chi connectivity index (χ0n) is 18.3. The Morgan fingerprint density at radius 3 is 2.41 bits per heavy atom. The molecule has 0 aliphatic carbocycles. The summed E-state index contributed by atoms with van der Waals surface area (Å²) in [5.41, 5.74) is 3.51. The Hall–Kier alpha value is -4.17. The molecular formula is C26H21N3O4S. The highest BCUT2D eigenvalue weighted by Crippen LogP contribution is 2.28. The Balaban J connectivity index is 1.32. The van der Waals surface area contributed by atoms with Crippen molar-refractivity contribution in [2.24, 2.45) is 4.99 Å². The van der Waals surface area contributed by atoms with E-state index in [4.69, 9.17) is 4.74 Å². The van der Waals surface area contributed by atoms with Crippen molar-refractivity contribution in [1.29, 1.82) is 0 Å². The first kappa shape index (κ1) is 23.0. The van der Waals surface area contributed by atoms with Crippen molar-refractivity contribution in [2.45, 2.75) is 6.92 Å². The van der Waals surface area contributed by atoms with Crippen molar-refractivity contribution in [2.75, 3.05) is 11.9 Å². The number of anilines is 1. The van der Waals surface area contributed by atoms with Crippen molar-refractivity contribution in [3.05, 3.63) is 100 Å². The molecule has 0 aromatic heterocycles. The molecule has 0 unspecified atom stereocenters.